The van der Waals surface area contributed by atoms with Gasteiger partial charge in [0, 0.05) is 0 Å². The van der Waals surface area contributed by atoms with Crippen molar-refractivity contribution in [2.24, 2.45) is 5.92 Å². The Morgan fingerprint density at radius 3 is 2.32 bits per heavy atom. The van der Waals surface area contributed by atoms with Gasteiger partial charge in [-0.15, -0.1) is 0 Å². The van der Waals surface area contributed by atoms with E-state index in [-0.39, 0.29) is 5.56 Å². The predicted molar refractivity (Wildman–Crippen MR) is 75.0 cm³/mol. The van der Waals surface area contributed by atoms with Gasteiger partial charge >= 0.3 is 0 Å². The molecule has 0 unspecified atom stereocenters. The third-order valence-corrected chi connectivity index (χ3v) is 4.43. The number of aromatic carboxylic acids is 1. The zero-order chi connectivity index (χ0) is 13.7. The van der Waals surface area contributed by atoms with Crippen molar-refractivity contribution in [2.45, 2.75) is 57.8 Å². The fourth-order valence-corrected chi connectivity index (χ4v) is 3.17. The molecule has 0 atom stereocenters. The highest BCUT2D eigenvalue weighted by Crippen LogP contribution is 2.37. The van der Waals surface area contributed by atoms with Crippen molar-refractivity contribution in [3.63, 3.8) is 0 Å². The van der Waals surface area contributed by atoms with Gasteiger partial charge in [-0.3, -0.25) is 0 Å². The number of hydrogen-bond acceptors (Lipinski definition) is 2. The molecule has 2 heteroatoms. The molecular formula is C17H23O2-. The lowest BCUT2D eigenvalue weighted by Crippen LogP contribution is -2.22. The molecule has 2 nitrogen and oxygen atoms in total. The van der Waals surface area contributed by atoms with Crippen molar-refractivity contribution < 1.29 is 9.90 Å². The fraction of sp³-hybridized carbons (Fsp3) is 0.588. The van der Waals surface area contributed by atoms with E-state index in [1.807, 2.05) is 12.1 Å². The second-order valence-electron chi connectivity index (χ2n) is 5.77. The summed E-state index contributed by atoms with van der Waals surface area (Å²) in [4.78, 5) is 10.7. The summed E-state index contributed by atoms with van der Waals surface area (Å²) in [5.41, 5.74) is 1.57. The smallest absolute Gasteiger partial charge is 0.0715 e. The largest absolute Gasteiger partial charge is 0.545 e. The maximum Gasteiger partial charge on any atom is 0.0715 e. The van der Waals surface area contributed by atoms with Crippen LogP contribution < -0.4 is 5.11 Å². The standard InChI is InChI=1S/C17H24O2/c1-2-3-4-13-5-7-14(8-6-13)15-9-11-16(12-10-15)17(18)19/h9-14H,2-8H2,1H3,(H,18,19)/p-1. The van der Waals surface area contributed by atoms with Gasteiger partial charge in [0.1, 0.15) is 0 Å². The van der Waals surface area contributed by atoms with Crippen LogP contribution in [0.15, 0.2) is 24.3 Å². The van der Waals surface area contributed by atoms with Gasteiger partial charge in [-0.05, 0) is 48.6 Å². The lowest BCUT2D eigenvalue weighted by atomic mass is 9.77. The SMILES string of the molecule is CCCCC1CCC(c2ccc(C(=O)[O-])cc2)CC1. The molecule has 0 aromatic heterocycles. The molecule has 0 spiro atoms. The number of carbonyl (C=O) groups excluding carboxylic acids is 1. The summed E-state index contributed by atoms with van der Waals surface area (Å²) in [7, 11) is 0. The highest BCUT2D eigenvalue weighted by atomic mass is 16.4. The van der Waals surface area contributed by atoms with Crippen LogP contribution in [0.25, 0.3) is 0 Å². The van der Waals surface area contributed by atoms with Gasteiger partial charge in [-0.25, -0.2) is 0 Å². The van der Waals surface area contributed by atoms with Crippen molar-refractivity contribution in [1.82, 2.24) is 0 Å². The van der Waals surface area contributed by atoms with Crippen LogP contribution in [0.3, 0.4) is 0 Å². The van der Waals surface area contributed by atoms with Crippen molar-refractivity contribution in [3.8, 4) is 0 Å². The average molecular weight is 259 g/mol. The fourth-order valence-electron chi connectivity index (χ4n) is 3.17. The van der Waals surface area contributed by atoms with Crippen molar-refractivity contribution in [3.05, 3.63) is 35.4 Å². The molecule has 0 bridgehead atoms. The van der Waals surface area contributed by atoms with Crippen LogP contribution >= 0.6 is 0 Å². The third-order valence-electron chi connectivity index (χ3n) is 4.43. The Morgan fingerprint density at radius 2 is 1.79 bits per heavy atom. The van der Waals surface area contributed by atoms with Gasteiger partial charge < -0.3 is 9.90 Å². The number of carbonyl (C=O) groups is 1. The summed E-state index contributed by atoms with van der Waals surface area (Å²) in [6.45, 7) is 2.25. The molecule has 0 amide bonds. The van der Waals surface area contributed by atoms with Crippen LogP contribution in [-0.4, -0.2) is 5.97 Å². The molecule has 1 fully saturated rings. The van der Waals surface area contributed by atoms with Gasteiger partial charge in [0.05, 0.1) is 5.97 Å². The molecule has 1 aromatic carbocycles. The Hall–Kier alpha value is -1.31. The van der Waals surface area contributed by atoms with Crippen LogP contribution in [0.4, 0.5) is 0 Å². The molecule has 1 aliphatic rings. The monoisotopic (exact) mass is 259 g/mol. The van der Waals surface area contributed by atoms with Gasteiger partial charge in [-0.1, -0.05) is 50.5 Å². The zero-order valence-corrected chi connectivity index (χ0v) is 11.7. The Labute approximate surface area is 115 Å². The Bertz CT molecular complexity index is 400. The molecule has 1 saturated carbocycles. The van der Waals surface area contributed by atoms with E-state index >= 15 is 0 Å². The van der Waals surface area contributed by atoms with Crippen LogP contribution in [-0.2, 0) is 0 Å². The zero-order valence-electron chi connectivity index (χ0n) is 11.7. The number of carboxylic acids is 1. The van der Waals surface area contributed by atoms with Crippen LogP contribution in [0.5, 0.6) is 0 Å². The normalized spacial score (nSPS) is 23.2. The van der Waals surface area contributed by atoms with Gasteiger partial charge in [0.25, 0.3) is 0 Å². The highest BCUT2D eigenvalue weighted by Gasteiger charge is 2.21. The molecule has 0 N–H and O–H groups in total. The van der Waals surface area contributed by atoms with E-state index in [0.29, 0.717) is 5.92 Å². The van der Waals surface area contributed by atoms with Crippen molar-refractivity contribution in [2.75, 3.05) is 0 Å². The van der Waals surface area contributed by atoms with Crippen molar-refractivity contribution >= 4 is 5.97 Å². The third kappa shape index (κ3) is 3.82. The Balaban J connectivity index is 1.88. The van der Waals surface area contributed by atoms with E-state index in [0.717, 1.165) is 5.92 Å². The summed E-state index contributed by atoms with van der Waals surface area (Å²) in [6, 6.07) is 7.27. The Kier molecular flexibility index (Phi) is 5.00. The highest BCUT2D eigenvalue weighted by molar-refractivity contribution is 5.85. The summed E-state index contributed by atoms with van der Waals surface area (Å²) >= 11 is 0. The first-order valence-corrected chi connectivity index (χ1v) is 7.52. The van der Waals surface area contributed by atoms with Gasteiger partial charge in [0.15, 0.2) is 0 Å². The number of carboxylic acid groups (broad SMARTS) is 1. The number of hydrogen-bond donors (Lipinski definition) is 0. The van der Waals surface area contributed by atoms with E-state index in [4.69, 9.17) is 0 Å². The topological polar surface area (TPSA) is 40.1 Å². The lowest BCUT2D eigenvalue weighted by molar-refractivity contribution is -0.255. The maximum absolute atomic E-state index is 10.7. The predicted octanol–water partition coefficient (Wildman–Crippen LogP) is 3.51. The molecule has 0 radical (unpaired) electrons. The van der Waals surface area contributed by atoms with Crippen LogP contribution in [0.2, 0.25) is 0 Å². The van der Waals surface area contributed by atoms with Gasteiger partial charge in [0.2, 0.25) is 0 Å². The molecule has 0 saturated heterocycles. The summed E-state index contributed by atoms with van der Waals surface area (Å²) in [5.74, 6) is 0.446. The average Bonchev–Trinajstić information content (AvgIpc) is 2.46. The number of unbranched alkanes of at least 4 members (excludes halogenated alkanes) is 1. The van der Waals surface area contributed by atoms with E-state index < -0.39 is 5.97 Å². The van der Waals surface area contributed by atoms with Crippen molar-refractivity contribution in [1.29, 1.82) is 0 Å². The molecule has 1 aromatic rings. The summed E-state index contributed by atoms with van der Waals surface area (Å²) in [5, 5.41) is 10.7. The van der Waals surface area contributed by atoms with Crippen LogP contribution in [0, 0.1) is 5.92 Å². The quantitative estimate of drug-likeness (QED) is 0.811. The second-order valence-corrected chi connectivity index (χ2v) is 5.77. The van der Waals surface area contributed by atoms with E-state index in [2.05, 4.69) is 6.92 Å². The maximum atomic E-state index is 10.7. The summed E-state index contributed by atoms with van der Waals surface area (Å²) in [6.07, 6.45) is 9.19. The molecule has 0 aliphatic heterocycles. The molecular weight excluding hydrogens is 236 g/mol. The van der Waals surface area contributed by atoms with Gasteiger partial charge in [-0.2, -0.15) is 0 Å². The first-order valence-electron chi connectivity index (χ1n) is 7.52. The first kappa shape index (κ1) is 14.1. The molecule has 19 heavy (non-hydrogen) atoms. The molecule has 2 rings (SSSR count). The minimum Gasteiger partial charge on any atom is -0.545 e. The van der Waals surface area contributed by atoms with E-state index in [1.54, 1.807) is 12.1 Å². The number of rotatable bonds is 5. The van der Waals surface area contributed by atoms with E-state index in [9.17, 15) is 9.90 Å². The molecule has 1 aliphatic carbocycles. The molecule has 0 heterocycles. The number of benzene rings is 1. The molecule has 104 valence electrons. The first-order chi connectivity index (χ1) is 9.20. The second kappa shape index (κ2) is 6.74. The minimum absolute atomic E-state index is 0.278. The minimum atomic E-state index is -1.09. The van der Waals surface area contributed by atoms with E-state index in [1.165, 1.54) is 50.5 Å². The summed E-state index contributed by atoms with van der Waals surface area (Å²) < 4.78 is 0. The lowest BCUT2D eigenvalue weighted by Gasteiger charge is -2.29. The van der Waals surface area contributed by atoms with Crippen LogP contribution in [0.1, 0.15) is 73.7 Å². The Morgan fingerprint density at radius 1 is 1.16 bits per heavy atom.